The molecule has 0 aliphatic heterocycles. The van der Waals surface area contributed by atoms with E-state index >= 15 is 0 Å². The lowest BCUT2D eigenvalue weighted by molar-refractivity contribution is 0.673. The van der Waals surface area contributed by atoms with E-state index in [1.54, 1.807) is 0 Å². The van der Waals surface area contributed by atoms with Crippen molar-refractivity contribution in [1.29, 1.82) is 0 Å². The van der Waals surface area contributed by atoms with Crippen molar-refractivity contribution in [3.8, 4) is 67.5 Å². The summed E-state index contributed by atoms with van der Waals surface area (Å²) in [5.41, 5.74) is 11.3. The molecule has 0 unspecified atom stereocenters. The van der Waals surface area contributed by atoms with Gasteiger partial charge in [-0.25, -0.2) is 15.0 Å². The molecule has 2 heterocycles. The van der Waals surface area contributed by atoms with Crippen LogP contribution in [-0.4, -0.2) is 15.0 Å². The zero-order valence-electron chi connectivity index (χ0n) is 35.1. The monoisotopic (exact) mass is 827 g/mol. The Morgan fingerprint density at radius 3 is 1.40 bits per heavy atom. The van der Waals surface area contributed by atoms with Crippen molar-refractivity contribution in [2.75, 3.05) is 0 Å². The van der Waals surface area contributed by atoms with E-state index in [0.29, 0.717) is 17.5 Å². The first kappa shape index (κ1) is 36.9. The van der Waals surface area contributed by atoms with Crippen LogP contribution < -0.4 is 0 Å². The number of aromatic nitrogens is 3. The van der Waals surface area contributed by atoms with Crippen molar-refractivity contribution in [2.24, 2.45) is 0 Å². The van der Waals surface area contributed by atoms with Crippen molar-refractivity contribution >= 4 is 65.0 Å². The summed E-state index contributed by atoms with van der Waals surface area (Å²) in [7, 11) is 0. The minimum atomic E-state index is 0.618. The smallest absolute Gasteiger partial charge is 0.164 e. The third-order valence-corrected chi connectivity index (χ3v) is 12.9. The van der Waals surface area contributed by atoms with Crippen LogP contribution in [0.4, 0.5) is 0 Å². The highest BCUT2D eigenvalue weighted by Crippen LogP contribution is 2.45. The average molecular weight is 828 g/mol. The lowest BCUT2D eigenvalue weighted by Crippen LogP contribution is -2.00. The van der Waals surface area contributed by atoms with Gasteiger partial charge in [0, 0.05) is 32.8 Å². The largest absolute Gasteiger partial charge is 0.455 e. The summed E-state index contributed by atoms with van der Waals surface area (Å²) in [5.74, 6) is 1.88. The normalized spacial score (nSPS) is 11.7. The van der Waals surface area contributed by atoms with E-state index in [2.05, 4.69) is 188 Å². The quantitative estimate of drug-likeness (QED) is 0.157. The summed E-state index contributed by atoms with van der Waals surface area (Å²) in [5, 5.41) is 12.0. The SMILES string of the molecule is c1ccc(-c2cccc(-c3nc(-c4ccccc4)nc(-c4ccc(-c5cc6c(oc7cccc(-c8ccc9c%10ccccc%10c%10ccccc%10c9c8)c76)c6ccccc56)cc4)n3)c2)cc1. The Morgan fingerprint density at radius 2 is 0.723 bits per heavy atom. The summed E-state index contributed by atoms with van der Waals surface area (Å²) in [6.45, 7) is 0. The van der Waals surface area contributed by atoms with Gasteiger partial charge in [-0.2, -0.15) is 0 Å². The van der Waals surface area contributed by atoms with Crippen LogP contribution in [0.5, 0.6) is 0 Å². The first-order valence-electron chi connectivity index (χ1n) is 22.0. The maximum Gasteiger partial charge on any atom is 0.164 e. The van der Waals surface area contributed by atoms with Crippen LogP contribution >= 0.6 is 0 Å². The third kappa shape index (κ3) is 6.18. The molecule has 4 nitrogen and oxygen atoms in total. The first-order chi connectivity index (χ1) is 32.2. The molecule has 0 bridgehead atoms. The number of furan rings is 1. The zero-order valence-corrected chi connectivity index (χ0v) is 35.1. The van der Waals surface area contributed by atoms with Gasteiger partial charge in [0.25, 0.3) is 0 Å². The van der Waals surface area contributed by atoms with Crippen LogP contribution in [0.25, 0.3) is 133 Å². The lowest BCUT2D eigenvalue weighted by atomic mass is 9.90. The van der Waals surface area contributed by atoms with Crippen LogP contribution in [0.3, 0.4) is 0 Å². The molecule has 0 amide bonds. The van der Waals surface area contributed by atoms with Gasteiger partial charge in [-0.1, -0.05) is 200 Å². The Labute approximate surface area is 374 Å². The Balaban J connectivity index is 0.951. The van der Waals surface area contributed by atoms with E-state index in [4.69, 9.17) is 19.4 Å². The fourth-order valence-corrected chi connectivity index (χ4v) is 9.82. The van der Waals surface area contributed by atoms with Crippen molar-refractivity contribution < 1.29 is 4.42 Å². The second kappa shape index (κ2) is 15.0. The second-order valence-corrected chi connectivity index (χ2v) is 16.7. The van der Waals surface area contributed by atoms with Crippen LogP contribution in [0.2, 0.25) is 0 Å². The summed E-state index contributed by atoms with van der Waals surface area (Å²) in [6.07, 6.45) is 0. The molecule has 0 radical (unpaired) electrons. The standard InChI is InChI=1S/C61H37N3O/c1-3-15-38(16-4-1)42-19-13-20-44(35-42)61-63-59(40-17-5-2-6-18-40)62-60(64-61)41-31-29-39(30-32-41)53-37-55-57-45(27-14-28-56(57)65-58(55)52-26-12-11-25-50(52)53)43-33-34-51-48-23-8-7-21-46(48)47-22-9-10-24-49(47)54(51)36-43/h1-37H. The predicted octanol–water partition coefficient (Wildman–Crippen LogP) is 16.4. The summed E-state index contributed by atoms with van der Waals surface area (Å²) in [6, 6.07) is 79.3. The molecular weight excluding hydrogens is 791 g/mol. The molecule has 0 aliphatic rings. The molecule has 11 aromatic carbocycles. The molecule has 302 valence electrons. The number of fused-ring (bicyclic) bond motifs is 11. The van der Waals surface area contributed by atoms with E-state index in [1.807, 2.05) is 36.4 Å². The zero-order chi connectivity index (χ0) is 42.8. The van der Waals surface area contributed by atoms with Gasteiger partial charge in [0.2, 0.25) is 0 Å². The van der Waals surface area contributed by atoms with Crippen LogP contribution in [0, 0.1) is 0 Å². The highest BCUT2D eigenvalue weighted by Gasteiger charge is 2.20. The van der Waals surface area contributed by atoms with Gasteiger partial charge in [0.15, 0.2) is 17.5 Å². The Hall–Kier alpha value is -8.73. The van der Waals surface area contributed by atoms with Gasteiger partial charge >= 0.3 is 0 Å². The molecule has 0 saturated heterocycles. The minimum Gasteiger partial charge on any atom is -0.455 e. The molecule has 0 fully saturated rings. The maximum absolute atomic E-state index is 6.82. The topological polar surface area (TPSA) is 51.8 Å². The van der Waals surface area contributed by atoms with Crippen LogP contribution in [0.15, 0.2) is 229 Å². The Morgan fingerprint density at radius 1 is 0.246 bits per heavy atom. The van der Waals surface area contributed by atoms with Crippen LogP contribution in [0.1, 0.15) is 0 Å². The minimum absolute atomic E-state index is 0.618. The Bertz CT molecular complexity index is 3950. The van der Waals surface area contributed by atoms with Crippen molar-refractivity contribution in [3.05, 3.63) is 224 Å². The number of nitrogens with zero attached hydrogens (tertiary/aromatic N) is 3. The molecule has 0 aliphatic carbocycles. The maximum atomic E-state index is 6.82. The summed E-state index contributed by atoms with van der Waals surface area (Å²) < 4.78 is 6.82. The molecule has 0 atom stereocenters. The number of benzene rings is 11. The van der Waals surface area contributed by atoms with Crippen LogP contribution in [-0.2, 0) is 0 Å². The van der Waals surface area contributed by atoms with Gasteiger partial charge in [-0.3, -0.25) is 0 Å². The molecular formula is C61H37N3O. The van der Waals surface area contributed by atoms with E-state index in [-0.39, 0.29) is 0 Å². The number of hydrogen-bond acceptors (Lipinski definition) is 4. The predicted molar refractivity (Wildman–Crippen MR) is 270 cm³/mol. The molecule has 4 heteroatoms. The first-order valence-corrected chi connectivity index (χ1v) is 22.0. The van der Waals surface area contributed by atoms with Crippen molar-refractivity contribution in [1.82, 2.24) is 15.0 Å². The second-order valence-electron chi connectivity index (χ2n) is 16.7. The molecule has 0 N–H and O–H groups in total. The average Bonchev–Trinajstić information content (AvgIpc) is 3.78. The van der Waals surface area contributed by atoms with Crippen molar-refractivity contribution in [3.63, 3.8) is 0 Å². The fraction of sp³-hybridized carbons (Fsp3) is 0. The molecule has 2 aromatic heterocycles. The molecule has 13 rings (SSSR count). The van der Waals surface area contributed by atoms with Gasteiger partial charge in [0.1, 0.15) is 11.2 Å². The summed E-state index contributed by atoms with van der Waals surface area (Å²) in [4.78, 5) is 15.2. The molecule has 0 spiro atoms. The number of rotatable bonds is 6. The molecule has 13 aromatic rings. The van der Waals surface area contributed by atoms with E-state index in [9.17, 15) is 0 Å². The van der Waals surface area contributed by atoms with E-state index in [0.717, 1.165) is 82.8 Å². The highest BCUT2D eigenvalue weighted by molar-refractivity contribution is 6.27. The van der Waals surface area contributed by atoms with Gasteiger partial charge in [0.05, 0.1) is 0 Å². The molecule has 0 saturated carbocycles. The van der Waals surface area contributed by atoms with Gasteiger partial charge in [-0.15, -0.1) is 0 Å². The number of hydrogen-bond donors (Lipinski definition) is 0. The molecule has 65 heavy (non-hydrogen) atoms. The van der Waals surface area contributed by atoms with E-state index in [1.165, 1.54) is 32.3 Å². The van der Waals surface area contributed by atoms with Crippen molar-refractivity contribution in [2.45, 2.75) is 0 Å². The van der Waals surface area contributed by atoms with E-state index < -0.39 is 0 Å². The Kier molecular flexibility index (Phi) is 8.50. The third-order valence-electron chi connectivity index (χ3n) is 12.9. The highest BCUT2D eigenvalue weighted by atomic mass is 16.3. The fourth-order valence-electron chi connectivity index (χ4n) is 9.82. The lowest BCUT2D eigenvalue weighted by Gasteiger charge is -2.13. The summed E-state index contributed by atoms with van der Waals surface area (Å²) >= 11 is 0. The van der Waals surface area contributed by atoms with Gasteiger partial charge in [-0.05, 0) is 95.3 Å². The van der Waals surface area contributed by atoms with Gasteiger partial charge < -0.3 is 4.42 Å².